The minimum atomic E-state index is -0.626. The van der Waals surface area contributed by atoms with E-state index in [-0.39, 0.29) is 12.1 Å². The summed E-state index contributed by atoms with van der Waals surface area (Å²) in [7, 11) is 0. The predicted molar refractivity (Wildman–Crippen MR) is 95.0 cm³/mol. The Morgan fingerprint density at radius 1 is 1.33 bits per heavy atom. The summed E-state index contributed by atoms with van der Waals surface area (Å²) in [6.45, 7) is 7.69. The van der Waals surface area contributed by atoms with E-state index in [1.165, 1.54) is 6.20 Å². The van der Waals surface area contributed by atoms with Crippen molar-refractivity contribution in [3.05, 3.63) is 11.8 Å². The van der Waals surface area contributed by atoms with E-state index >= 15 is 0 Å². The highest BCUT2D eigenvalue weighted by atomic mass is 16.3. The van der Waals surface area contributed by atoms with Gasteiger partial charge in [0.2, 0.25) is 5.95 Å². The molecule has 2 rings (SSSR count). The van der Waals surface area contributed by atoms with Crippen molar-refractivity contribution in [2.75, 3.05) is 10.6 Å². The van der Waals surface area contributed by atoms with Crippen LogP contribution in [0.5, 0.6) is 0 Å². The Morgan fingerprint density at radius 2 is 1.96 bits per heavy atom. The van der Waals surface area contributed by atoms with Gasteiger partial charge in [-0.2, -0.15) is 4.98 Å². The number of nitrogens with one attached hydrogen (secondary N) is 2. The van der Waals surface area contributed by atoms with Crippen LogP contribution in [0.3, 0.4) is 0 Å². The summed E-state index contributed by atoms with van der Waals surface area (Å²) in [6, 6.07) is 0.406. The standard InChI is InChI=1S/C17H29N5O2/c1-10(2)20-15-13(14(18)23)9-19-16(22-15)21-12-7-5-11(6-8-12)17(3,4)24/h9-12,24H,5-8H2,1-4H3,(H2,18,23)(H2,19,20,21,22)/t11-,12-. The molecule has 0 bridgehead atoms. The minimum absolute atomic E-state index is 0.132. The summed E-state index contributed by atoms with van der Waals surface area (Å²) in [4.78, 5) is 20.1. The molecular formula is C17H29N5O2. The molecule has 1 heterocycles. The quantitative estimate of drug-likeness (QED) is 0.633. The van der Waals surface area contributed by atoms with Gasteiger partial charge in [0.1, 0.15) is 5.82 Å². The first-order valence-electron chi connectivity index (χ1n) is 8.59. The fourth-order valence-electron chi connectivity index (χ4n) is 3.14. The van der Waals surface area contributed by atoms with Gasteiger partial charge in [0.25, 0.3) is 5.91 Å². The van der Waals surface area contributed by atoms with E-state index in [0.29, 0.717) is 23.2 Å². The number of primary amides is 1. The zero-order valence-corrected chi connectivity index (χ0v) is 15.0. The van der Waals surface area contributed by atoms with E-state index in [2.05, 4.69) is 20.6 Å². The lowest BCUT2D eigenvalue weighted by molar-refractivity contribution is -0.000415. The SMILES string of the molecule is CC(C)Nc1nc(N[C@H]2CC[C@H](C(C)(C)O)CC2)ncc1C(N)=O. The molecule has 0 atom stereocenters. The fraction of sp³-hybridized carbons (Fsp3) is 0.706. The molecule has 0 aliphatic heterocycles. The number of aliphatic hydroxyl groups is 1. The highest BCUT2D eigenvalue weighted by Gasteiger charge is 2.31. The van der Waals surface area contributed by atoms with E-state index in [4.69, 9.17) is 5.73 Å². The number of hydrogen-bond acceptors (Lipinski definition) is 6. The van der Waals surface area contributed by atoms with Gasteiger partial charge >= 0.3 is 0 Å². The van der Waals surface area contributed by atoms with Gasteiger partial charge in [-0.1, -0.05) is 0 Å². The van der Waals surface area contributed by atoms with E-state index in [1.54, 1.807) is 0 Å². The normalized spacial score (nSPS) is 21.6. The van der Waals surface area contributed by atoms with Crippen LogP contribution < -0.4 is 16.4 Å². The van der Waals surface area contributed by atoms with Gasteiger partial charge in [0, 0.05) is 18.3 Å². The number of rotatable bonds is 6. The van der Waals surface area contributed by atoms with E-state index in [1.807, 2.05) is 27.7 Å². The molecule has 1 fully saturated rings. The van der Waals surface area contributed by atoms with Crippen LogP contribution in [0.4, 0.5) is 11.8 Å². The van der Waals surface area contributed by atoms with E-state index < -0.39 is 11.5 Å². The summed E-state index contributed by atoms with van der Waals surface area (Å²) in [5.41, 5.74) is 5.04. The second kappa shape index (κ2) is 7.34. The smallest absolute Gasteiger partial charge is 0.254 e. The molecule has 24 heavy (non-hydrogen) atoms. The number of carbonyl (C=O) groups excluding carboxylic acids is 1. The second-order valence-corrected chi connectivity index (χ2v) is 7.47. The second-order valence-electron chi connectivity index (χ2n) is 7.47. The number of amides is 1. The Balaban J connectivity index is 2.04. The summed E-state index contributed by atoms with van der Waals surface area (Å²) in [5.74, 6) is 0.734. The third-order valence-electron chi connectivity index (χ3n) is 4.54. The minimum Gasteiger partial charge on any atom is -0.390 e. The molecule has 7 heteroatoms. The van der Waals surface area contributed by atoms with Crippen LogP contribution >= 0.6 is 0 Å². The predicted octanol–water partition coefficient (Wildman–Crippen LogP) is 2.14. The van der Waals surface area contributed by atoms with Gasteiger partial charge in [-0.15, -0.1) is 0 Å². The fourth-order valence-corrected chi connectivity index (χ4v) is 3.14. The van der Waals surface area contributed by atoms with Crippen LogP contribution in [0.15, 0.2) is 6.20 Å². The lowest BCUT2D eigenvalue weighted by Gasteiger charge is -2.36. The Kier molecular flexibility index (Phi) is 5.64. The lowest BCUT2D eigenvalue weighted by Crippen LogP contribution is -2.37. The molecule has 1 aromatic heterocycles. The van der Waals surface area contributed by atoms with Crippen LogP contribution in [0.1, 0.15) is 63.7 Å². The maximum atomic E-state index is 11.5. The van der Waals surface area contributed by atoms with Crippen molar-refractivity contribution in [3.8, 4) is 0 Å². The lowest BCUT2D eigenvalue weighted by atomic mass is 9.77. The molecule has 1 saturated carbocycles. The highest BCUT2D eigenvalue weighted by Crippen LogP contribution is 2.33. The van der Waals surface area contributed by atoms with Gasteiger partial charge in [-0.25, -0.2) is 4.98 Å². The molecule has 0 saturated heterocycles. The van der Waals surface area contributed by atoms with Gasteiger partial charge in [0.15, 0.2) is 0 Å². The summed E-state index contributed by atoms with van der Waals surface area (Å²) in [6.07, 6.45) is 5.32. The largest absolute Gasteiger partial charge is 0.390 e. The Labute approximate surface area is 143 Å². The Bertz CT molecular complexity index is 575. The molecule has 1 aliphatic carbocycles. The molecule has 7 nitrogen and oxygen atoms in total. The molecule has 134 valence electrons. The number of carbonyl (C=O) groups is 1. The Hall–Kier alpha value is -1.89. The first-order valence-corrected chi connectivity index (χ1v) is 8.59. The monoisotopic (exact) mass is 335 g/mol. The van der Waals surface area contributed by atoms with Gasteiger partial charge in [0.05, 0.1) is 11.2 Å². The Morgan fingerprint density at radius 3 is 2.46 bits per heavy atom. The van der Waals surface area contributed by atoms with Crippen molar-refractivity contribution in [1.29, 1.82) is 0 Å². The highest BCUT2D eigenvalue weighted by molar-refractivity contribution is 5.97. The van der Waals surface area contributed by atoms with E-state index in [0.717, 1.165) is 25.7 Å². The number of anilines is 2. The molecule has 5 N–H and O–H groups in total. The number of nitrogens with two attached hydrogens (primary N) is 1. The average Bonchev–Trinajstić information content (AvgIpc) is 2.46. The zero-order chi connectivity index (χ0) is 17.9. The molecule has 0 aromatic carbocycles. The summed E-state index contributed by atoms with van der Waals surface area (Å²) < 4.78 is 0. The van der Waals surface area contributed by atoms with E-state index in [9.17, 15) is 9.90 Å². The van der Waals surface area contributed by atoms with Crippen molar-refractivity contribution in [2.45, 2.75) is 71.1 Å². The molecule has 0 unspecified atom stereocenters. The van der Waals surface area contributed by atoms with Gasteiger partial charge < -0.3 is 21.5 Å². The first kappa shape index (κ1) is 18.4. The van der Waals surface area contributed by atoms with Crippen LogP contribution in [0.25, 0.3) is 0 Å². The molecule has 0 radical (unpaired) electrons. The van der Waals surface area contributed by atoms with Crippen molar-refractivity contribution >= 4 is 17.7 Å². The maximum Gasteiger partial charge on any atom is 0.254 e. The van der Waals surface area contributed by atoms with Crippen LogP contribution in [-0.2, 0) is 0 Å². The third kappa shape index (κ3) is 4.80. The van der Waals surface area contributed by atoms with Crippen LogP contribution in [-0.4, -0.2) is 38.7 Å². The topological polar surface area (TPSA) is 113 Å². The van der Waals surface area contributed by atoms with Crippen molar-refractivity contribution in [2.24, 2.45) is 11.7 Å². The van der Waals surface area contributed by atoms with Crippen LogP contribution in [0, 0.1) is 5.92 Å². The molecule has 1 aliphatic rings. The van der Waals surface area contributed by atoms with Gasteiger partial charge in [-0.3, -0.25) is 4.79 Å². The van der Waals surface area contributed by atoms with Crippen molar-refractivity contribution in [1.82, 2.24) is 9.97 Å². The van der Waals surface area contributed by atoms with Crippen molar-refractivity contribution < 1.29 is 9.90 Å². The molecule has 0 spiro atoms. The average molecular weight is 335 g/mol. The maximum absolute atomic E-state index is 11.5. The molecule has 1 aromatic rings. The van der Waals surface area contributed by atoms with Crippen molar-refractivity contribution in [3.63, 3.8) is 0 Å². The number of aromatic nitrogens is 2. The number of hydrogen-bond donors (Lipinski definition) is 4. The van der Waals surface area contributed by atoms with Crippen LogP contribution in [0.2, 0.25) is 0 Å². The summed E-state index contributed by atoms with van der Waals surface area (Å²) >= 11 is 0. The molecule has 1 amide bonds. The number of nitrogens with zero attached hydrogens (tertiary/aromatic N) is 2. The van der Waals surface area contributed by atoms with Gasteiger partial charge in [-0.05, 0) is 59.3 Å². The summed E-state index contributed by atoms with van der Waals surface area (Å²) in [5, 5.41) is 16.6. The molecular weight excluding hydrogens is 306 g/mol. The third-order valence-corrected chi connectivity index (χ3v) is 4.54. The first-order chi connectivity index (χ1) is 11.2. The zero-order valence-electron chi connectivity index (χ0n) is 15.0.